The van der Waals surface area contributed by atoms with Gasteiger partial charge in [-0.05, 0) is 104 Å². The molecule has 4 amide bonds. The summed E-state index contributed by atoms with van der Waals surface area (Å²) in [4.78, 5) is 59.6. The van der Waals surface area contributed by atoms with Crippen molar-refractivity contribution in [3.05, 3.63) is 134 Å². The van der Waals surface area contributed by atoms with Crippen molar-refractivity contribution in [2.75, 3.05) is 10.3 Å². The van der Waals surface area contributed by atoms with Gasteiger partial charge in [-0.3, -0.25) is 24.6 Å². The summed E-state index contributed by atoms with van der Waals surface area (Å²) >= 11 is 16.3. The molecule has 2 heterocycles. The molecule has 0 aromatic heterocycles. The first kappa shape index (κ1) is 33.6. The predicted molar refractivity (Wildman–Crippen MR) is 194 cm³/mol. The van der Waals surface area contributed by atoms with Crippen LogP contribution in [0.15, 0.2) is 101 Å². The molecule has 0 unspecified atom stereocenters. The highest BCUT2D eigenvalue weighted by atomic mass is 79.9. The van der Waals surface area contributed by atoms with Gasteiger partial charge in [0, 0.05) is 26.0 Å². The van der Waals surface area contributed by atoms with E-state index in [4.69, 9.17) is 23.2 Å². The number of aryl methyl sites for hydroxylation is 1. The van der Waals surface area contributed by atoms with Gasteiger partial charge in [0.15, 0.2) is 0 Å². The smallest absolute Gasteiger partial charge is 0.260 e. The van der Waals surface area contributed by atoms with Crippen molar-refractivity contribution in [3.63, 3.8) is 0 Å². The zero-order valence-electron chi connectivity index (χ0n) is 26.9. The van der Waals surface area contributed by atoms with Gasteiger partial charge < -0.3 is 5.11 Å². The maximum absolute atomic E-state index is 15.2. The summed E-state index contributed by atoms with van der Waals surface area (Å²) in [5.74, 6) is -6.65. The summed E-state index contributed by atoms with van der Waals surface area (Å²) in [7, 11) is 0. The lowest BCUT2D eigenvalue weighted by atomic mass is 9.49. The van der Waals surface area contributed by atoms with Gasteiger partial charge in [-0.15, -0.1) is 0 Å². The van der Waals surface area contributed by atoms with Crippen LogP contribution in [0.5, 0.6) is 5.75 Å². The van der Waals surface area contributed by atoms with E-state index in [9.17, 15) is 23.9 Å². The number of rotatable bonds is 5. The van der Waals surface area contributed by atoms with Crippen LogP contribution in [0.25, 0.3) is 0 Å². The minimum absolute atomic E-state index is 0.0641. The molecule has 51 heavy (non-hydrogen) atoms. The van der Waals surface area contributed by atoms with Crippen LogP contribution in [-0.2, 0) is 24.6 Å². The van der Waals surface area contributed by atoms with Gasteiger partial charge in [0.25, 0.3) is 11.8 Å². The predicted octanol–water partition coefficient (Wildman–Crippen LogP) is 8.10. The zero-order valence-corrected chi connectivity index (χ0v) is 30.0. The monoisotopic (exact) mass is 787 g/mol. The fourth-order valence-electron chi connectivity index (χ4n) is 8.73. The molecule has 8 nitrogen and oxygen atoms in total. The SMILES string of the molecule is Cc1ccc(N2C(=O)[C@H]3[C@H](CC=C4[C@H]3C[C@H]3C(=O)N(Nc5ccc(F)cc5)C(=O)[C@@]3(c3ccc(Cl)cc3)[C@H]4c3cc(Br)ccc3O)C2=O)cc1Cl. The largest absolute Gasteiger partial charge is 0.508 e. The summed E-state index contributed by atoms with van der Waals surface area (Å²) < 4.78 is 14.5. The Balaban J connectivity index is 1.33. The number of carbonyl (C=O) groups is 4. The highest BCUT2D eigenvalue weighted by molar-refractivity contribution is 9.10. The Morgan fingerprint density at radius 2 is 1.61 bits per heavy atom. The minimum Gasteiger partial charge on any atom is -0.508 e. The molecule has 3 fully saturated rings. The quantitative estimate of drug-likeness (QED) is 0.157. The Bertz CT molecular complexity index is 2200. The van der Waals surface area contributed by atoms with Crippen molar-refractivity contribution in [3.8, 4) is 5.75 Å². The van der Waals surface area contributed by atoms with E-state index in [1.165, 1.54) is 35.2 Å². The number of anilines is 2. The van der Waals surface area contributed by atoms with E-state index >= 15 is 4.79 Å². The number of hydrazine groups is 1. The number of amides is 4. The van der Waals surface area contributed by atoms with Crippen LogP contribution in [0.3, 0.4) is 0 Å². The van der Waals surface area contributed by atoms with Crippen molar-refractivity contribution < 1.29 is 28.7 Å². The van der Waals surface area contributed by atoms with Crippen molar-refractivity contribution in [2.24, 2.45) is 23.7 Å². The number of imide groups is 2. The summed E-state index contributed by atoms with van der Waals surface area (Å²) in [6.45, 7) is 1.83. The molecule has 4 aromatic carbocycles. The fourth-order valence-corrected chi connectivity index (χ4v) is 9.41. The number of nitrogens with one attached hydrogen (secondary N) is 1. The second kappa shape index (κ2) is 12.3. The number of phenolic OH excluding ortho intramolecular Hbond substituents is 1. The molecule has 4 aliphatic rings. The molecule has 4 aromatic rings. The maximum Gasteiger partial charge on any atom is 0.260 e. The normalized spacial score (nSPS) is 26.9. The zero-order chi connectivity index (χ0) is 35.9. The molecule has 2 aliphatic heterocycles. The molecule has 0 bridgehead atoms. The van der Waals surface area contributed by atoms with E-state index in [-0.39, 0.29) is 24.5 Å². The summed E-state index contributed by atoms with van der Waals surface area (Å²) in [5.41, 5.74) is 4.34. The van der Waals surface area contributed by atoms with Crippen LogP contribution in [0, 0.1) is 36.4 Å². The second-order valence-corrected chi connectivity index (χ2v) is 15.3. The molecule has 12 heteroatoms. The molecular formula is C39H29BrCl2FN3O5. The Kier molecular flexibility index (Phi) is 8.12. The number of nitrogens with zero attached hydrogens (tertiary/aromatic N) is 2. The van der Waals surface area contributed by atoms with Crippen LogP contribution in [0.2, 0.25) is 10.0 Å². The third-order valence-electron chi connectivity index (χ3n) is 11.0. The molecule has 8 rings (SSSR count). The van der Waals surface area contributed by atoms with Gasteiger partial charge in [-0.1, -0.05) is 69.0 Å². The highest BCUT2D eigenvalue weighted by Crippen LogP contribution is 2.65. The molecule has 2 saturated heterocycles. The number of halogens is 4. The Labute approximate surface area is 310 Å². The third kappa shape index (κ3) is 5.05. The van der Waals surface area contributed by atoms with Crippen LogP contribution in [-0.4, -0.2) is 33.7 Å². The maximum atomic E-state index is 15.2. The first-order valence-electron chi connectivity index (χ1n) is 16.4. The number of fused-ring (bicyclic) bond motifs is 4. The summed E-state index contributed by atoms with van der Waals surface area (Å²) in [6.07, 6.45) is 2.19. The Morgan fingerprint density at radius 3 is 2.31 bits per heavy atom. The van der Waals surface area contributed by atoms with Gasteiger partial charge in [0.1, 0.15) is 11.6 Å². The Hall–Kier alpha value is -4.51. The minimum atomic E-state index is -1.61. The van der Waals surface area contributed by atoms with Crippen LogP contribution in [0.4, 0.5) is 15.8 Å². The van der Waals surface area contributed by atoms with E-state index in [0.717, 1.165) is 10.6 Å². The number of benzene rings is 4. The van der Waals surface area contributed by atoms with Crippen LogP contribution < -0.4 is 10.3 Å². The molecule has 0 radical (unpaired) electrons. The van der Waals surface area contributed by atoms with E-state index in [1.54, 1.807) is 54.6 Å². The highest BCUT2D eigenvalue weighted by Gasteiger charge is 2.70. The Morgan fingerprint density at radius 1 is 0.882 bits per heavy atom. The standard InChI is InChI=1S/C39H29BrCl2FN3O5/c1-19-2-12-25(17-31(19)42)45-35(48)27-14-13-26-28(33(27)37(45)50)18-30-36(49)46(44-24-10-8-23(43)9-11-24)38(51)39(30,20-3-6-22(41)7-4-20)34(26)29-16-21(40)5-15-32(29)47/h2-13,15-17,27-28,30,33-34,44,47H,14,18H2,1H3/t27-,28+,30-,33-,34+,39+/m0/s1. The molecular weight excluding hydrogens is 760 g/mol. The van der Waals surface area contributed by atoms with E-state index in [2.05, 4.69) is 21.4 Å². The van der Waals surface area contributed by atoms with E-state index < -0.39 is 58.5 Å². The number of phenols is 1. The number of carbonyl (C=O) groups excluding carboxylic acids is 4. The molecule has 0 spiro atoms. The topological polar surface area (TPSA) is 107 Å². The summed E-state index contributed by atoms with van der Waals surface area (Å²) in [5, 5.41) is 13.3. The second-order valence-electron chi connectivity index (χ2n) is 13.5. The third-order valence-corrected chi connectivity index (χ3v) is 12.1. The average molecular weight is 789 g/mol. The van der Waals surface area contributed by atoms with Gasteiger partial charge in [0.2, 0.25) is 11.8 Å². The van der Waals surface area contributed by atoms with Gasteiger partial charge in [-0.25, -0.2) is 9.29 Å². The molecule has 6 atom stereocenters. The van der Waals surface area contributed by atoms with E-state index in [1.807, 2.05) is 13.0 Å². The average Bonchev–Trinajstić information content (AvgIpc) is 3.49. The fraction of sp³-hybridized carbons (Fsp3) is 0.231. The number of hydrogen-bond donors (Lipinski definition) is 2. The molecule has 2 aliphatic carbocycles. The van der Waals surface area contributed by atoms with Crippen molar-refractivity contribution in [1.82, 2.24) is 5.01 Å². The molecule has 2 N–H and O–H groups in total. The van der Waals surface area contributed by atoms with Crippen LogP contribution in [0.1, 0.15) is 35.4 Å². The van der Waals surface area contributed by atoms with Crippen molar-refractivity contribution in [2.45, 2.75) is 31.1 Å². The van der Waals surface area contributed by atoms with Gasteiger partial charge >= 0.3 is 0 Å². The van der Waals surface area contributed by atoms with Crippen LogP contribution >= 0.6 is 39.1 Å². The molecule has 258 valence electrons. The first-order chi connectivity index (χ1) is 24.4. The number of allylic oxidation sites excluding steroid dienone is 2. The van der Waals surface area contributed by atoms with Gasteiger partial charge in [-0.2, -0.15) is 5.01 Å². The lowest BCUT2D eigenvalue weighted by Gasteiger charge is -2.50. The molecule has 1 saturated carbocycles. The number of aromatic hydroxyl groups is 1. The lowest BCUT2D eigenvalue weighted by Crippen LogP contribution is -2.53. The number of hydrogen-bond acceptors (Lipinski definition) is 6. The van der Waals surface area contributed by atoms with Crippen molar-refractivity contribution in [1.29, 1.82) is 0 Å². The first-order valence-corrected chi connectivity index (χ1v) is 18.0. The summed E-state index contributed by atoms with van der Waals surface area (Å²) in [6, 6.07) is 22.0. The lowest BCUT2D eigenvalue weighted by molar-refractivity contribution is -0.138. The van der Waals surface area contributed by atoms with Crippen molar-refractivity contribution >= 4 is 74.1 Å². The van der Waals surface area contributed by atoms with Gasteiger partial charge in [0.05, 0.1) is 34.5 Å². The van der Waals surface area contributed by atoms with E-state index in [0.29, 0.717) is 42.6 Å².